The Morgan fingerprint density at radius 3 is 2.76 bits per heavy atom. The van der Waals surface area contributed by atoms with Crippen molar-refractivity contribution in [3.8, 4) is 0 Å². The highest BCUT2D eigenvalue weighted by Gasteiger charge is 2.40. The summed E-state index contributed by atoms with van der Waals surface area (Å²) < 4.78 is 17.1. The van der Waals surface area contributed by atoms with Crippen LogP contribution in [-0.4, -0.2) is 65.3 Å². The SMILES string of the molecule is CC(=NC1CCC2(CC1)OCCO2)C(C[N+](=O)[O-])=C(N)OCCCNc1nc(Cl)ncc1Cl. The first-order valence-corrected chi connectivity index (χ1v) is 11.5. The predicted octanol–water partition coefficient (Wildman–Crippen LogP) is 3.20. The van der Waals surface area contributed by atoms with Crippen molar-refractivity contribution in [1.29, 1.82) is 0 Å². The van der Waals surface area contributed by atoms with Crippen LogP contribution in [0.25, 0.3) is 0 Å². The Bertz CT molecular complexity index is 897. The Balaban J connectivity index is 1.53. The van der Waals surface area contributed by atoms with Gasteiger partial charge in [-0.15, -0.1) is 0 Å². The second-order valence-electron chi connectivity index (χ2n) is 7.85. The van der Waals surface area contributed by atoms with Crippen LogP contribution in [0.3, 0.4) is 0 Å². The fourth-order valence-electron chi connectivity index (χ4n) is 3.83. The minimum atomic E-state index is -0.475. The summed E-state index contributed by atoms with van der Waals surface area (Å²) in [6.07, 6.45) is 5.02. The van der Waals surface area contributed by atoms with Gasteiger partial charge in [-0.3, -0.25) is 15.1 Å². The number of hydrogen-bond acceptors (Lipinski definition) is 10. The molecular formula is C20H28Cl2N6O5. The molecule has 11 nitrogen and oxygen atoms in total. The van der Waals surface area contributed by atoms with Crippen molar-refractivity contribution in [2.75, 3.05) is 38.2 Å². The van der Waals surface area contributed by atoms with E-state index in [1.165, 1.54) is 6.20 Å². The van der Waals surface area contributed by atoms with Crippen molar-refractivity contribution in [1.82, 2.24) is 9.97 Å². The number of anilines is 1. The lowest BCUT2D eigenvalue weighted by molar-refractivity contribution is -0.470. The van der Waals surface area contributed by atoms with Crippen LogP contribution < -0.4 is 11.1 Å². The highest BCUT2D eigenvalue weighted by molar-refractivity contribution is 6.33. The molecule has 0 amide bonds. The molecule has 3 rings (SSSR count). The molecule has 2 fully saturated rings. The van der Waals surface area contributed by atoms with E-state index in [1.54, 1.807) is 6.92 Å². The molecule has 1 aromatic rings. The average Bonchev–Trinajstić information content (AvgIpc) is 3.23. The zero-order valence-electron chi connectivity index (χ0n) is 18.4. The number of aromatic nitrogens is 2. The van der Waals surface area contributed by atoms with E-state index in [0.29, 0.717) is 42.7 Å². The molecule has 1 saturated heterocycles. The van der Waals surface area contributed by atoms with Gasteiger partial charge in [0.25, 0.3) is 0 Å². The molecule has 0 atom stereocenters. The Morgan fingerprint density at radius 1 is 1.39 bits per heavy atom. The fourth-order valence-corrected chi connectivity index (χ4v) is 4.12. The third kappa shape index (κ3) is 7.39. The Labute approximate surface area is 201 Å². The number of rotatable bonds is 10. The predicted molar refractivity (Wildman–Crippen MR) is 124 cm³/mol. The van der Waals surface area contributed by atoms with Crippen molar-refractivity contribution >= 4 is 34.7 Å². The van der Waals surface area contributed by atoms with Crippen molar-refractivity contribution < 1.29 is 19.1 Å². The normalized spacial score (nSPS) is 19.4. The summed E-state index contributed by atoms with van der Waals surface area (Å²) in [4.78, 5) is 23.2. The van der Waals surface area contributed by atoms with Gasteiger partial charge in [-0.25, -0.2) is 4.98 Å². The first-order chi connectivity index (χ1) is 15.8. The van der Waals surface area contributed by atoms with Crippen LogP contribution in [-0.2, 0) is 14.2 Å². The maximum Gasteiger partial charge on any atom is 0.235 e. The molecule has 2 heterocycles. The lowest BCUT2D eigenvalue weighted by Crippen LogP contribution is -2.36. The number of nitrogens with zero attached hydrogens (tertiary/aromatic N) is 4. The summed E-state index contributed by atoms with van der Waals surface area (Å²) in [5.74, 6) is -0.0533. The van der Waals surface area contributed by atoms with Gasteiger partial charge in [-0.1, -0.05) is 11.6 Å². The molecular weight excluding hydrogens is 475 g/mol. The monoisotopic (exact) mass is 502 g/mol. The molecule has 0 unspecified atom stereocenters. The van der Waals surface area contributed by atoms with E-state index in [0.717, 1.165) is 25.7 Å². The summed E-state index contributed by atoms with van der Waals surface area (Å²) in [6.45, 7) is 3.22. The second-order valence-corrected chi connectivity index (χ2v) is 8.60. The van der Waals surface area contributed by atoms with E-state index in [-0.39, 0.29) is 29.4 Å². The van der Waals surface area contributed by atoms with Gasteiger partial charge < -0.3 is 25.3 Å². The van der Waals surface area contributed by atoms with Crippen LogP contribution >= 0.6 is 23.2 Å². The Hall–Kier alpha value is -2.21. The number of ether oxygens (including phenoxy) is 3. The summed E-state index contributed by atoms with van der Waals surface area (Å²) >= 11 is 11.8. The number of nitrogens with one attached hydrogen (secondary N) is 1. The van der Waals surface area contributed by atoms with Crippen molar-refractivity contribution in [3.63, 3.8) is 0 Å². The molecule has 0 bridgehead atoms. The third-order valence-corrected chi connectivity index (χ3v) is 5.97. The number of halogens is 2. The molecule has 182 valence electrons. The first kappa shape index (κ1) is 25.4. The van der Waals surface area contributed by atoms with Crippen molar-refractivity contribution in [2.45, 2.75) is 50.9 Å². The van der Waals surface area contributed by atoms with Gasteiger partial charge >= 0.3 is 0 Å². The fraction of sp³-hybridized carbons (Fsp3) is 0.650. The van der Waals surface area contributed by atoms with E-state index in [4.69, 9.17) is 48.1 Å². The molecule has 1 saturated carbocycles. The zero-order chi connectivity index (χ0) is 23.8. The Kier molecular flexibility index (Phi) is 9.07. The second kappa shape index (κ2) is 11.8. The largest absolute Gasteiger partial charge is 0.479 e. The van der Waals surface area contributed by atoms with Gasteiger partial charge in [0.2, 0.25) is 11.8 Å². The van der Waals surface area contributed by atoms with Crippen molar-refractivity contribution in [2.24, 2.45) is 10.7 Å². The van der Waals surface area contributed by atoms with Gasteiger partial charge in [0.05, 0.1) is 32.1 Å². The summed E-state index contributed by atoms with van der Waals surface area (Å²) in [5, 5.41) is 14.7. The van der Waals surface area contributed by atoms with E-state index in [2.05, 4.69) is 15.3 Å². The maximum atomic E-state index is 11.2. The van der Waals surface area contributed by atoms with Crippen LogP contribution in [0.4, 0.5) is 5.82 Å². The van der Waals surface area contributed by atoms with E-state index in [1.807, 2.05) is 0 Å². The van der Waals surface area contributed by atoms with Crippen LogP contribution in [0.2, 0.25) is 10.3 Å². The third-order valence-electron chi connectivity index (χ3n) is 5.51. The topological polar surface area (TPSA) is 147 Å². The maximum absolute atomic E-state index is 11.2. The Morgan fingerprint density at radius 2 is 2.09 bits per heavy atom. The molecule has 0 radical (unpaired) electrons. The molecule has 2 aliphatic rings. The number of aliphatic imine (C=N–C) groups is 1. The van der Waals surface area contributed by atoms with E-state index >= 15 is 0 Å². The smallest absolute Gasteiger partial charge is 0.235 e. The van der Waals surface area contributed by atoms with Gasteiger partial charge in [-0.2, -0.15) is 4.98 Å². The zero-order valence-corrected chi connectivity index (χ0v) is 19.9. The van der Waals surface area contributed by atoms with Crippen LogP contribution in [0.1, 0.15) is 39.0 Å². The van der Waals surface area contributed by atoms with Crippen LogP contribution in [0, 0.1) is 10.1 Å². The molecule has 1 aliphatic heterocycles. The minimum absolute atomic E-state index is 0.00537. The van der Waals surface area contributed by atoms with Gasteiger partial charge in [0, 0.05) is 30.0 Å². The summed E-state index contributed by atoms with van der Waals surface area (Å²) in [5.41, 5.74) is 6.85. The minimum Gasteiger partial charge on any atom is -0.479 e. The lowest BCUT2D eigenvalue weighted by atomic mass is 9.90. The average molecular weight is 503 g/mol. The highest BCUT2D eigenvalue weighted by atomic mass is 35.5. The van der Waals surface area contributed by atoms with Crippen molar-refractivity contribution in [3.05, 3.63) is 38.1 Å². The molecule has 3 N–H and O–H groups in total. The molecule has 0 aromatic carbocycles. The number of nitro groups is 1. The van der Waals surface area contributed by atoms with E-state index in [9.17, 15) is 10.1 Å². The van der Waals surface area contributed by atoms with E-state index < -0.39 is 17.3 Å². The van der Waals surface area contributed by atoms with Gasteiger partial charge in [-0.05, 0) is 37.8 Å². The number of nitrogens with two attached hydrogens (primary N) is 1. The molecule has 1 spiro atoms. The molecule has 1 aliphatic carbocycles. The van der Waals surface area contributed by atoms with Crippen LogP contribution in [0.15, 0.2) is 22.6 Å². The highest BCUT2D eigenvalue weighted by Crippen LogP contribution is 2.36. The van der Waals surface area contributed by atoms with Gasteiger partial charge in [0.1, 0.15) is 16.4 Å². The summed E-state index contributed by atoms with van der Waals surface area (Å²) in [6, 6.07) is 0.0339. The van der Waals surface area contributed by atoms with Gasteiger partial charge in [0.15, 0.2) is 11.7 Å². The standard InChI is InChI=1S/C20H28Cl2N6O5/c1-13(26-14-3-5-20(6-4-14)32-9-10-33-20)15(12-28(29)30)17(23)31-8-2-7-24-18-16(21)11-25-19(22)27-18/h11,14H,2-10,12,23H2,1H3,(H,24,25,27). The van der Waals surface area contributed by atoms with Crippen LogP contribution in [0.5, 0.6) is 0 Å². The first-order valence-electron chi connectivity index (χ1n) is 10.8. The number of hydrogen-bond donors (Lipinski definition) is 2. The molecule has 33 heavy (non-hydrogen) atoms. The lowest BCUT2D eigenvalue weighted by Gasteiger charge is -2.34. The molecule has 1 aromatic heterocycles. The molecule has 13 heteroatoms. The quantitative estimate of drug-likeness (QED) is 0.123. The summed E-state index contributed by atoms with van der Waals surface area (Å²) in [7, 11) is 0.